The summed E-state index contributed by atoms with van der Waals surface area (Å²) in [6.45, 7) is -0.0677. The predicted octanol–water partition coefficient (Wildman–Crippen LogP) is 0.507. The van der Waals surface area contributed by atoms with E-state index in [1.54, 1.807) is 12.1 Å². The van der Waals surface area contributed by atoms with E-state index in [0.29, 0.717) is 17.0 Å². The van der Waals surface area contributed by atoms with E-state index >= 15 is 0 Å². The number of nitro groups is 1. The molecule has 0 aliphatic heterocycles. The van der Waals surface area contributed by atoms with Crippen LogP contribution in [0, 0.1) is 10.1 Å². The maximum absolute atomic E-state index is 12.0. The third kappa shape index (κ3) is 3.07. The van der Waals surface area contributed by atoms with Gasteiger partial charge in [-0.05, 0) is 12.1 Å². The molecule has 0 bridgehead atoms. The van der Waals surface area contributed by atoms with Gasteiger partial charge in [-0.1, -0.05) is 11.3 Å². The molecule has 3 N–H and O–H groups in total. The Bertz CT molecular complexity index is 728. The van der Waals surface area contributed by atoms with Crippen LogP contribution in [0.25, 0.3) is 0 Å². The number of aromatic nitrogens is 2. The fraction of sp³-hybridized carbons (Fsp3) is 0.111. The Kier molecular flexibility index (Phi) is 3.92. The molecule has 0 aliphatic carbocycles. The molecule has 2 aromatic rings. The molecule has 0 atom stereocenters. The van der Waals surface area contributed by atoms with Gasteiger partial charge < -0.3 is 5.73 Å². The summed E-state index contributed by atoms with van der Waals surface area (Å²) in [5.74, 6) is 0. The monoisotopic (exact) mass is 315 g/mol. The summed E-state index contributed by atoms with van der Waals surface area (Å²) in [5, 5.41) is 17.8. The second kappa shape index (κ2) is 5.48. The maximum atomic E-state index is 12.0. The molecule has 0 aliphatic rings. The normalized spacial score (nSPS) is 11.4. The van der Waals surface area contributed by atoms with Gasteiger partial charge in [-0.25, -0.2) is 13.1 Å². The quantitative estimate of drug-likeness (QED) is 0.604. The SMILES string of the molecule is Nc1sc(S(=O)(=O)NCc2cccnn2)cc1[N+](=O)[O-]. The number of nitrogens with zero attached hydrogens (tertiary/aromatic N) is 3. The van der Waals surface area contributed by atoms with Crippen LogP contribution >= 0.6 is 11.3 Å². The molecule has 0 spiro atoms. The number of sulfonamides is 1. The van der Waals surface area contributed by atoms with Gasteiger partial charge in [-0.2, -0.15) is 10.2 Å². The first-order valence-electron chi connectivity index (χ1n) is 5.20. The van der Waals surface area contributed by atoms with Gasteiger partial charge in [0.1, 0.15) is 4.21 Å². The third-order valence-electron chi connectivity index (χ3n) is 2.25. The van der Waals surface area contributed by atoms with Crippen LogP contribution in [0.2, 0.25) is 0 Å². The van der Waals surface area contributed by atoms with Gasteiger partial charge in [0, 0.05) is 12.3 Å². The number of thiophene rings is 1. The molecule has 0 saturated carbocycles. The fourth-order valence-electron chi connectivity index (χ4n) is 1.32. The highest BCUT2D eigenvalue weighted by molar-refractivity contribution is 7.91. The van der Waals surface area contributed by atoms with E-state index in [1.807, 2.05) is 0 Å². The van der Waals surface area contributed by atoms with Crippen molar-refractivity contribution in [2.45, 2.75) is 10.8 Å². The van der Waals surface area contributed by atoms with Crippen molar-refractivity contribution >= 4 is 32.0 Å². The third-order valence-corrected chi connectivity index (χ3v) is 5.08. The van der Waals surface area contributed by atoms with Gasteiger partial charge in [-0.3, -0.25) is 10.1 Å². The van der Waals surface area contributed by atoms with Gasteiger partial charge in [0.2, 0.25) is 0 Å². The number of rotatable bonds is 5. The summed E-state index contributed by atoms with van der Waals surface area (Å²) in [4.78, 5) is 9.91. The molecular formula is C9H9N5O4S2. The van der Waals surface area contributed by atoms with Crippen molar-refractivity contribution < 1.29 is 13.3 Å². The van der Waals surface area contributed by atoms with E-state index in [2.05, 4.69) is 14.9 Å². The number of hydrogen-bond acceptors (Lipinski definition) is 8. The van der Waals surface area contributed by atoms with Crippen molar-refractivity contribution in [1.29, 1.82) is 0 Å². The average Bonchev–Trinajstić information content (AvgIpc) is 2.81. The van der Waals surface area contributed by atoms with Crippen LogP contribution in [0.5, 0.6) is 0 Å². The van der Waals surface area contributed by atoms with Crippen molar-refractivity contribution in [2.24, 2.45) is 0 Å². The molecule has 20 heavy (non-hydrogen) atoms. The summed E-state index contributed by atoms with van der Waals surface area (Å²) in [7, 11) is -3.88. The number of nitrogen functional groups attached to an aromatic ring is 1. The van der Waals surface area contributed by atoms with E-state index in [-0.39, 0.29) is 15.8 Å². The zero-order valence-corrected chi connectivity index (χ0v) is 11.5. The predicted molar refractivity (Wildman–Crippen MR) is 71.4 cm³/mol. The van der Waals surface area contributed by atoms with E-state index < -0.39 is 20.6 Å². The Hall–Kier alpha value is -2.11. The Balaban J connectivity index is 2.18. The van der Waals surface area contributed by atoms with Crippen LogP contribution in [-0.4, -0.2) is 23.5 Å². The van der Waals surface area contributed by atoms with Gasteiger partial charge in [0.25, 0.3) is 10.0 Å². The first-order valence-corrected chi connectivity index (χ1v) is 7.50. The second-order valence-corrected chi connectivity index (χ2v) is 6.69. The highest BCUT2D eigenvalue weighted by Gasteiger charge is 2.24. The van der Waals surface area contributed by atoms with Crippen molar-refractivity contribution in [3.05, 3.63) is 40.2 Å². The van der Waals surface area contributed by atoms with Crippen molar-refractivity contribution in [3.8, 4) is 0 Å². The van der Waals surface area contributed by atoms with Crippen LogP contribution in [0.1, 0.15) is 5.69 Å². The molecular weight excluding hydrogens is 306 g/mol. The molecule has 106 valence electrons. The van der Waals surface area contributed by atoms with Gasteiger partial charge in [0.05, 0.1) is 17.2 Å². The summed E-state index contributed by atoms with van der Waals surface area (Å²) in [5.41, 5.74) is 5.41. The molecule has 0 unspecified atom stereocenters. The average molecular weight is 315 g/mol. The van der Waals surface area contributed by atoms with Gasteiger partial charge >= 0.3 is 5.69 Å². The lowest BCUT2D eigenvalue weighted by molar-refractivity contribution is -0.383. The standard InChI is InChI=1S/C9H9N5O4S2/c10-9-7(14(15)16)4-8(19-9)20(17,18)12-5-6-2-1-3-11-13-6/h1-4,12H,5,10H2. The Labute approximate surface area is 117 Å². The Morgan fingerprint density at radius 2 is 2.25 bits per heavy atom. The minimum Gasteiger partial charge on any atom is -0.385 e. The molecule has 0 aromatic carbocycles. The molecule has 2 heterocycles. The number of nitrogens with one attached hydrogen (secondary N) is 1. The molecule has 0 amide bonds. The van der Waals surface area contributed by atoms with Crippen LogP contribution in [-0.2, 0) is 16.6 Å². The number of hydrogen-bond donors (Lipinski definition) is 2. The largest absolute Gasteiger partial charge is 0.385 e. The van der Waals surface area contributed by atoms with Crippen LogP contribution in [0.15, 0.2) is 28.6 Å². The minimum absolute atomic E-state index is 0.0677. The number of anilines is 1. The molecule has 2 aromatic heterocycles. The first kappa shape index (κ1) is 14.3. The lowest BCUT2D eigenvalue weighted by atomic mass is 10.4. The second-order valence-electron chi connectivity index (χ2n) is 3.61. The fourth-order valence-corrected chi connectivity index (χ4v) is 3.57. The summed E-state index contributed by atoms with van der Waals surface area (Å²) >= 11 is 0.634. The lowest BCUT2D eigenvalue weighted by Gasteiger charge is -2.02. The zero-order chi connectivity index (χ0) is 14.8. The molecule has 11 heteroatoms. The Morgan fingerprint density at radius 1 is 1.50 bits per heavy atom. The van der Waals surface area contributed by atoms with E-state index in [9.17, 15) is 18.5 Å². The van der Waals surface area contributed by atoms with Gasteiger partial charge in [0.15, 0.2) is 5.00 Å². The van der Waals surface area contributed by atoms with Crippen LogP contribution in [0.3, 0.4) is 0 Å². The van der Waals surface area contributed by atoms with Gasteiger partial charge in [-0.15, -0.1) is 0 Å². The summed E-state index contributed by atoms with van der Waals surface area (Å²) in [6.07, 6.45) is 1.46. The summed E-state index contributed by atoms with van der Waals surface area (Å²) < 4.78 is 26.0. The lowest BCUT2D eigenvalue weighted by Crippen LogP contribution is -2.23. The molecule has 0 fully saturated rings. The molecule has 9 nitrogen and oxygen atoms in total. The first-order chi connectivity index (χ1) is 9.40. The van der Waals surface area contributed by atoms with Crippen molar-refractivity contribution in [2.75, 3.05) is 5.73 Å². The Morgan fingerprint density at radius 3 is 2.80 bits per heavy atom. The van der Waals surface area contributed by atoms with E-state index in [4.69, 9.17) is 5.73 Å². The van der Waals surface area contributed by atoms with Crippen molar-refractivity contribution in [1.82, 2.24) is 14.9 Å². The van der Waals surface area contributed by atoms with Crippen LogP contribution < -0.4 is 10.5 Å². The molecule has 0 radical (unpaired) electrons. The molecule has 2 rings (SSSR count). The zero-order valence-electron chi connectivity index (χ0n) is 9.88. The highest BCUT2D eigenvalue weighted by Crippen LogP contribution is 2.34. The highest BCUT2D eigenvalue weighted by atomic mass is 32.2. The topological polar surface area (TPSA) is 141 Å². The smallest absolute Gasteiger partial charge is 0.304 e. The minimum atomic E-state index is -3.88. The maximum Gasteiger partial charge on any atom is 0.304 e. The van der Waals surface area contributed by atoms with E-state index in [1.165, 1.54) is 6.20 Å². The van der Waals surface area contributed by atoms with Crippen molar-refractivity contribution in [3.63, 3.8) is 0 Å². The molecule has 0 saturated heterocycles. The summed E-state index contributed by atoms with van der Waals surface area (Å²) in [6, 6.07) is 4.14. The van der Waals surface area contributed by atoms with Crippen LogP contribution in [0.4, 0.5) is 10.7 Å². The van der Waals surface area contributed by atoms with E-state index in [0.717, 1.165) is 6.07 Å². The number of nitrogens with two attached hydrogens (primary N) is 1.